The summed E-state index contributed by atoms with van der Waals surface area (Å²) in [6, 6.07) is 0. The van der Waals surface area contributed by atoms with Crippen molar-refractivity contribution in [1.82, 2.24) is 13.5 Å². The molecule has 1 unspecified atom stereocenters. The Morgan fingerprint density at radius 2 is 1.81 bits per heavy atom. The molecular formula is C13H27N3O4S. The van der Waals surface area contributed by atoms with E-state index in [9.17, 15) is 13.5 Å². The summed E-state index contributed by atoms with van der Waals surface area (Å²) in [6.07, 6.45) is 0.491. The lowest BCUT2D eigenvalue weighted by Gasteiger charge is -2.34. The summed E-state index contributed by atoms with van der Waals surface area (Å²) in [5, 5.41) is 10.7. The lowest BCUT2D eigenvalue weighted by atomic mass is 10.0. The molecule has 0 aromatic rings. The van der Waals surface area contributed by atoms with E-state index in [1.54, 1.807) is 0 Å². The van der Waals surface area contributed by atoms with Gasteiger partial charge >= 0.3 is 0 Å². The predicted octanol–water partition coefficient (Wildman–Crippen LogP) is -0.658. The van der Waals surface area contributed by atoms with E-state index in [-0.39, 0.29) is 6.54 Å². The van der Waals surface area contributed by atoms with Gasteiger partial charge in [0, 0.05) is 45.8 Å². The summed E-state index contributed by atoms with van der Waals surface area (Å²) in [5.74, 6) is 0. The Kier molecular flexibility index (Phi) is 5.61. The second kappa shape index (κ2) is 6.89. The van der Waals surface area contributed by atoms with Crippen molar-refractivity contribution in [3.8, 4) is 0 Å². The first-order chi connectivity index (χ1) is 9.91. The third-order valence-electron chi connectivity index (χ3n) is 4.28. The molecule has 21 heavy (non-hydrogen) atoms. The van der Waals surface area contributed by atoms with Gasteiger partial charge in [0.1, 0.15) is 0 Å². The molecular weight excluding hydrogens is 294 g/mol. The lowest BCUT2D eigenvalue weighted by molar-refractivity contribution is -0.0240. The summed E-state index contributed by atoms with van der Waals surface area (Å²) >= 11 is 0. The van der Waals surface area contributed by atoms with Crippen LogP contribution < -0.4 is 0 Å². The lowest BCUT2D eigenvalue weighted by Crippen LogP contribution is -2.50. The number of rotatable bonds is 6. The minimum absolute atomic E-state index is 0.184. The van der Waals surface area contributed by atoms with Crippen molar-refractivity contribution in [3.63, 3.8) is 0 Å². The molecule has 2 heterocycles. The van der Waals surface area contributed by atoms with Crippen LogP contribution in [0.25, 0.3) is 0 Å². The molecule has 1 N–H and O–H groups in total. The van der Waals surface area contributed by atoms with E-state index in [1.165, 1.54) is 8.61 Å². The molecule has 0 spiro atoms. The number of ether oxygens (including phenoxy) is 1. The van der Waals surface area contributed by atoms with Gasteiger partial charge in [-0.1, -0.05) is 13.8 Å². The Labute approximate surface area is 127 Å². The molecule has 2 aliphatic heterocycles. The first-order valence-corrected chi connectivity index (χ1v) is 9.08. The van der Waals surface area contributed by atoms with E-state index in [2.05, 4.69) is 4.90 Å². The quantitative estimate of drug-likeness (QED) is 0.703. The number of β-amino-alcohol motifs (C(OH)–C–C–N with tert-alkyl or cyclic N) is 1. The molecule has 2 saturated heterocycles. The molecule has 2 rings (SSSR count). The molecule has 0 radical (unpaired) electrons. The van der Waals surface area contributed by atoms with Crippen LogP contribution in [0.5, 0.6) is 0 Å². The van der Waals surface area contributed by atoms with Crippen molar-refractivity contribution < 1.29 is 18.3 Å². The fourth-order valence-electron chi connectivity index (χ4n) is 3.03. The number of morpholine rings is 1. The highest BCUT2D eigenvalue weighted by Crippen LogP contribution is 2.26. The number of nitrogens with zero attached hydrogens (tertiary/aromatic N) is 3. The van der Waals surface area contributed by atoms with Crippen molar-refractivity contribution in [2.75, 3.05) is 59.0 Å². The molecule has 0 aromatic carbocycles. The molecule has 1 atom stereocenters. The van der Waals surface area contributed by atoms with Gasteiger partial charge in [0.15, 0.2) is 0 Å². The third-order valence-corrected chi connectivity index (χ3v) is 6.41. The van der Waals surface area contributed by atoms with Gasteiger partial charge in [0.2, 0.25) is 0 Å². The summed E-state index contributed by atoms with van der Waals surface area (Å²) in [7, 11) is -3.45. The molecule has 0 bridgehead atoms. The molecule has 7 nitrogen and oxygen atoms in total. The van der Waals surface area contributed by atoms with Gasteiger partial charge in [0.25, 0.3) is 10.2 Å². The second-order valence-corrected chi connectivity index (χ2v) is 7.72. The van der Waals surface area contributed by atoms with Crippen molar-refractivity contribution >= 4 is 10.2 Å². The maximum absolute atomic E-state index is 12.5. The Morgan fingerprint density at radius 3 is 2.38 bits per heavy atom. The monoisotopic (exact) mass is 321 g/mol. The maximum Gasteiger partial charge on any atom is 0.282 e. The molecule has 0 aliphatic carbocycles. The Morgan fingerprint density at radius 1 is 1.19 bits per heavy atom. The highest BCUT2D eigenvalue weighted by Gasteiger charge is 2.43. The Hall–Kier alpha value is -0.250. The van der Waals surface area contributed by atoms with Crippen LogP contribution >= 0.6 is 0 Å². The van der Waals surface area contributed by atoms with Gasteiger partial charge in [-0.05, 0) is 6.42 Å². The number of hydrogen-bond donors (Lipinski definition) is 1. The van der Waals surface area contributed by atoms with Crippen molar-refractivity contribution in [1.29, 1.82) is 0 Å². The van der Waals surface area contributed by atoms with Gasteiger partial charge < -0.3 is 9.84 Å². The van der Waals surface area contributed by atoms with Crippen molar-refractivity contribution in [2.24, 2.45) is 0 Å². The van der Waals surface area contributed by atoms with Crippen LogP contribution in [-0.2, 0) is 14.9 Å². The molecule has 2 aliphatic rings. The van der Waals surface area contributed by atoms with Gasteiger partial charge in [-0.25, -0.2) is 0 Å². The molecule has 8 heteroatoms. The summed E-state index contributed by atoms with van der Waals surface area (Å²) in [5.41, 5.74) is -0.947. The van der Waals surface area contributed by atoms with Gasteiger partial charge in [0.05, 0.1) is 18.8 Å². The fourth-order valence-corrected chi connectivity index (χ4v) is 4.74. The zero-order valence-electron chi connectivity index (χ0n) is 13.0. The first-order valence-electron chi connectivity index (χ1n) is 7.69. The predicted molar refractivity (Wildman–Crippen MR) is 80.2 cm³/mol. The average molecular weight is 321 g/mol. The topological polar surface area (TPSA) is 73.3 Å². The van der Waals surface area contributed by atoms with Gasteiger partial charge in [-0.3, -0.25) is 4.90 Å². The number of aliphatic hydroxyl groups is 1. The average Bonchev–Trinajstić information content (AvgIpc) is 2.84. The fraction of sp³-hybridized carbons (Fsp3) is 1.00. The normalized spacial score (nSPS) is 29.3. The Balaban J connectivity index is 1.98. The van der Waals surface area contributed by atoms with Crippen LogP contribution in [0.4, 0.5) is 0 Å². The van der Waals surface area contributed by atoms with E-state index in [0.29, 0.717) is 45.8 Å². The maximum atomic E-state index is 12.5. The van der Waals surface area contributed by atoms with E-state index in [4.69, 9.17) is 4.74 Å². The van der Waals surface area contributed by atoms with Crippen LogP contribution in [0.15, 0.2) is 0 Å². The highest BCUT2D eigenvalue weighted by molar-refractivity contribution is 7.86. The summed E-state index contributed by atoms with van der Waals surface area (Å²) in [4.78, 5) is 2.15. The standard InChI is InChI=1S/C13H27N3O4S/c1-3-15(4-2)21(18,19)16-6-5-13(17,12-16)11-14-7-9-20-10-8-14/h17H,3-12H2,1-2H3. The number of hydrogen-bond acceptors (Lipinski definition) is 5. The minimum atomic E-state index is -3.45. The van der Waals surface area contributed by atoms with Crippen molar-refractivity contribution in [2.45, 2.75) is 25.9 Å². The second-order valence-electron chi connectivity index (χ2n) is 5.79. The molecule has 0 amide bonds. The zero-order chi connectivity index (χ0) is 15.5. The van der Waals surface area contributed by atoms with E-state index >= 15 is 0 Å². The van der Waals surface area contributed by atoms with Crippen LogP contribution in [0.1, 0.15) is 20.3 Å². The van der Waals surface area contributed by atoms with Crippen LogP contribution in [-0.4, -0.2) is 91.7 Å². The first kappa shape index (κ1) is 17.1. The van der Waals surface area contributed by atoms with Crippen LogP contribution in [0.3, 0.4) is 0 Å². The largest absolute Gasteiger partial charge is 0.387 e. The summed E-state index contributed by atoms with van der Waals surface area (Å²) < 4.78 is 33.1. The summed E-state index contributed by atoms with van der Waals surface area (Å²) in [6.45, 7) is 8.61. The van der Waals surface area contributed by atoms with Crippen molar-refractivity contribution in [3.05, 3.63) is 0 Å². The SMILES string of the molecule is CCN(CC)S(=O)(=O)N1CCC(O)(CN2CCOCC2)C1. The van der Waals surface area contributed by atoms with Gasteiger partial charge in [-0.15, -0.1) is 0 Å². The molecule has 2 fully saturated rings. The van der Waals surface area contributed by atoms with Crippen LogP contribution in [0.2, 0.25) is 0 Å². The van der Waals surface area contributed by atoms with E-state index < -0.39 is 15.8 Å². The van der Waals surface area contributed by atoms with Crippen LogP contribution in [0, 0.1) is 0 Å². The highest BCUT2D eigenvalue weighted by atomic mass is 32.2. The minimum Gasteiger partial charge on any atom is -0.387 e. The third kappa shape index (κ3) is 3.94. The van der Waals surface area contributed by atoms with E-state index in [0.717, 1.165) is 13.1 Å². The molecule has 0 aromatic heterocycles. The van der Waals surface area contributed by atoms with Gasteiger partial charge in [-0.2, -0.15) is 17.0 Å². The molecule has 0 saturated carbocycles. The Bertz CT molecular complexity index is 435. The molecule has 124 valence electrons. The zero-order valence-corrected chi connectivity index (χ0v) is 13.8. The van der Waals surface area contributed by atoms with E-state index in [1.807, 2.05) is 13.8 Å². The smallest absolute Gasteiger partial charge is 0.282 e.